The number of pyridine rings is 1. The van der Waals surface area contributed by atoms with Gasteiger partial charge in [0.2, 0.25) is 5.43 Å². The van der Waals surface area contributed by atoms with Crippen molar-refractivity contribution in [2.45, 2.75) is 35.3 Å². The summed E-state index contributed by atoms with van der Waals surface area (Å²) in [6, 6.07) is 8.03. The lowest BCUT2D eigenvalue weighted by molar-refractivity contribution is 0.0694. The van der Waals surface area contributed by atoms with E-state index in [4.69, 9.17) is 0 Å². The molecule has 0 spiro atoms. The molecule has 44 heavy (non-hydrogen) atoms. The van der Waals surface area contributed by atoms with Gasteiger partial charge in [-0.2, -0.15) is 0 Å². The van der Waals surface area contributed by atoms with Crippen LogP contribution in [0, 0.1) is 5.82 Å². The molecule has 0 unspecified atom stereocenters. The summed E-state index contributed by atoms with van der Waals surface area (Å²) in [5.74, 6) is -2.06. The normalized spacial score (nSPS) is 16.4. The third-order valence-electron chi connectivity index (χ3n) is 7.65. The number of aromatic carboxylic acids is 1. The third-order valence-corrected chi connectivity index (χ3v) is 12.3. The Morgan fingerprint density at radius 1 is 0.977 bits per heavy atom. The van der Waals surface area contributed by atoms with E-state index < -0.39 is 49.5 Å². The number of carbonyl (C=O) groups is 2. The molecule has 5 rings (SSSR count). The minimum atomic E-state index is -5.62. The van der Waals surface area contributed by atoms with Crippen molar-refractivity contribution in [1.82, 2.24) is 9.47 Å². The number of piperazine rings is 1. The first kappa shape index (κ1) is 32.3. The first-order valence-corrected chi connectivity index (χ1v) is 17.3. The Balaban J connectivity index is 1.26. The summed E-state index contributed by atoms with van der Waals surface area (Å²) in [6.45, 7) is 1.04. The SMILES string of the molecule is O=C(O)c1cn(C2CC2)c2cc(N3CCN(C(=O)Sc4ccc(CC(O)(P(=O)(O)O)P(=O)(O)O)cc4)CC3)c(F)cc2c1=O. The first-order chi connectivity index (χ1) is 20.5. The van der Waals surface area contributed by atoms with E-state index in [0.29, 0.717) is 10.4 Å². The molecule has 2 fully saturated rings. The number of carboxylic acids is 1. The second-order valence-electron chi connectivity index (χ2n) is 10.7. The number of rotatable bonds is 8. The highest BCUT2D eigenvalue weighted by Gasteiger charge is 2.59. The summed E-state index contributed by atoms with van der Waals surface area (Å²) in [4.78, 5) is 78.3. The Hall–Kier alpha value is -3.07. The zero-order valence-electron chi connectivity index (χ0n) is 22.8. The fourth-order valence-corrected chi connectivity index (χ4v) is 7.95. The van der Waals surface area contributed by atoms with E-state index in [-0.39, 0.29) is 54.1 Å². The van der Waals surface area contributed by atoms with E-state index in [1.165, 1.54) is 30.5 Å². The molecule has 18 heteroatoms. The van der Waals surface area contributed by atoms with Crippen LogP contribution in [-0.2, 0) is 15.6 Å². The molecule has 1 aliphatic carbocycles. The highest BCUT2D eigenvalue weighted by atomic mass is 32.2. The number of anilines is 1. The molecule has 1 saturated carbocycles. The quantitative estimate of drug-likeness (QED) is 0.150. The van der Waals surface area contributed by atoms with Gasteiger partial charge in [-0.1, -0.05) is 12.1 Å². The standard InChI is InChI=1S/C26H28FN3O11P2S/c27-20-11-18-21(30(16-3-4-16)14-19(23(18)31)24(32)33)12-22(20)28-7-9-29(10-8-28)25(34)44-17-5-1-15(2-6-17)13-26(35,42(36,37)38)43(39,40)41/h1-2,5-6,11-12,14,16,35H,3-4,7-10,13H2,(H,32,33)(H2,36,37,38)(H2,39,40,41). The average Bonchev–Trinajstić information content (AvgIpc) is 3.78. The fourth-order valence-electron chi connectivity index (χ4n) is 5.03. The number of halogens is 1. The number of carbonyl (C=O) groups excluding carboxylic acids is 1. The van der Waals surface area contributed by atoms with Gasteiger partial charge in [-0.15, -0.1) is 0 Å². The van der Waals surface area contributed by atoms with Gasteiger partial charge in [-0.25, -0.2) is 9.18 Å². The van der Waals surface area contributed by atoms with Crippen LogP contribution in [0.25, 0.3) is 10.9 Å². The molecule has 3 aromatic rings. The smallest absolute Gasteiger partial charge is 0.369 e. The molecule has 1 aliphatic heterocycles. The van der Waals surface area contributed by atoms with Crippen LogP contribution < -0.4 is 10.3 Å². The van der Waals surface area contributed by atoms with Crippen molar-refractivity contribution in [3.8, 4) is 0 Å². The van der Waals surface area contributed by atoms with E-state index in [1.807, 2.05) is 0 Å². The van der Waals surface area contributed by atoms with Crippen LogP contribution in [0.3, 0.4) is 0 Å². The van der Waals surface area contributed by atoms with Crippen LogP contribution in [0.2, 0.25) is 0 Å². The van der Waals surface area contributed by atoms with Crippen LogP contribution in [0.5, 0.6) is 0 Å². The highest BCUT2D eigenvalue weighted by Crippen LogP contribution is 2.68. The van der Waals surface area contributed by atoms with Crippen molar-refractivity contribution in [1.29, 1.82) is 0 Å². The van der Waals surface area contributed by atoms with Crippen LogP contribution in [0.4, 0.5) is 14.9 Å². The summed E-state index contributed by atoms with van der Waals surface area (Å²) in [5.41, 5.74) is -0.478. The Labute approximate surface area is 253 Å². The number of hydrogen-bond acceptors (Lipinski definition) is 8. The average molecular weight is 672 g/mol. The highest BCUT2D eigenvalue weighted by molar-refractivity contribution is 8.13. The van der Waals surface area contributed by atoms with Gasteiger partial charge in [0.1, 0.15) is 11.4 Å². The molecule has 1 aromatic heterocycles. The fraction of sp³-hybridized carbons (Fsp3) is 0.346. The second-order valence-corrected chi connectivity index (χ2v) is 15.7. The Morgan fingerprint density at radius 2 is 1.57 bits per heavy atom. The van der Waals surface area contributed by atoms with Crippen molar-refractivity contribution in [2.75, 3.05) is 31.1 Å². The molecule has 0 bridgehead atoms. The first-order valence-electron chi connectivity index (χ1n) is 13.3. The molecule has 6 N–H and O–H groups in total. The van der Waals surface area contributed by atoms with Crippen molar-refractivity contribution >= 4 is 54.8 Å². The Morgan fingerprint density at radius 3 is 2.09 bits per heavy atom. The van der Waals surface area contributed by atoms with Gasteiger partial charge in [0.15, 0.2) is 0 Å². The molecule has 0 radical (unpaired) electrons. The van der Waals surface area contributed by atoms with Gasteiger partial charge >= 0.3 is 21.2 Å². The van der Waals surface area contributed by atoms with E-state index in [2.05, 4.69) is 0 Å². The number of aromatic nitrogens is 1. The van der Waals surface area contributed by atoms with Gasteiger partial charge in [0.25, 0.3) is 10.3 Å². The van der Waals surface area contributed by atoms with Crippen molar-refractivity contribution < 1.29 is 52.9 Å². The van der Waals surface area contributed by atoms with Crippen molar-refractivity contribution in [3.63, 3.8) is 0 Å². The molecule has 1 amide bonds. The van der Waals surface area contributed by atoms with Crippen molar-refractivity contribution in [2.24, 2.45) is 0 Å². The van der Waals surface area contributed by atoms with Gasteiger partial charge in [-0.05, 0) is 54.4 Å². The molecule has 236 valence electrons. The van der Waals surface area contributed by atoms with Crippen LogP contribution in [0.1, 0.15) is 34.8 Å². The van der Waals surface area contributed by atoms with E-state index in [0.717, 1.165) is 30.7 Å². The molecular formula is C26H28FN3O11P2S. The third kappa shape index (κ3) is 6.22. The lowest BCUT2D eigenvalue weighted by Crippen LogP contribution is -2.48. The largest absolute Gasteiger partial charge is 0.477 e. The molecule has 2 aliphatic rings. The number of thioether (sulfide) groups is 1. The number of hydrogen-bond donors (Lipinski definition) is 6. The maximum atomic E-state index is 15.3. The molecule has 2 heterocycles. The molecule has 14 nitrogen and oxygen atoms in total. The molecular weight excluding hydrogens is 643 g/mol. The predicted octanol–water partition coefficient (Wildman–Crippen LogP) is 2.75. The molecule has 0 atom stereocenters. The summed E-state index contributed by atoms with van der Waals surface area (Å²) < 4.78 is 40.2. The summed E-state index contributed by atoms with van der Waals surface area (Å²) >= 11 is 0.846. The number of nitrogens with zero attached hydrogens (tertiary/aromatic N) is 3. The number of carboxylic acid groups (broad SMARTS) is 1. The van der Waals surface area contributed by atoms with E-state index in [1.54, 1.807) is 20.4 Å². The number of amides is 1. The molecule has 2 aromatic carbocycles. The lowest BCUT2D eigenvalue weighted by atomic mass is 10.1. The van der Waals surface area contributed by atoms with Crippen molar-refractivity contribution in [3.05, 3.63) is 69.8 Å². The van der Waals surface area contributed by atoms with Crippen LogP contribution in [0.15, 0.2) is 52.3 Å². The Bertz CT molecular complexity index is 1770. The van der Waals surface area contributed by atoms with E-state index in [9.17, 15) is 53.3 Å². The van der Waals surface area contributed by atoms with E-state index >= 15 is 4.39 Å². The minimum absolute atomic E-state index is 0.0116. The topological polar surface area (TPSA) is 218 Å². The summed E-state index contributed by atoms with van der Waals surface area (Å²) in [6.07, 6.45) is 1.91. The zero-order chi connectivity index (χ0) is 32.2. The second kappa shape index (κ2) is 11.7. The summed E-state index contributed by atoms with van der Waals surface area (Å²) in [7, 11) is -11.2. The van der Waals surface area contributed by atoms with Gasteiger partial charge in [0, 0.05) is 55.1 Å². The van der Waals surface area contributed by atoms with Crippen LogP contribution >= 0.6 is 27.0 Å². The number of fused-ring (bicyclic) bond motifs is 1. The number of benzene rings is 2. The minimum Gasteiger partial charge on any atom is -0.477 e. The van der Waals surface area contributed by atoms with Crippen LogP contribution in [-0.4, -0.2) is 81.7 Å². The molecule has 1 saturated heterocycles. The monoisotopic (exact) mass is 671 g/mol. The maximum absolute atomic E-state index is 15.3. The Kier molecular flexibility index (Phi) is 8.59. The maximum Gasteiger partial charge on any atom is 0.369 e. The lowest BCUT2D eigenvalue weighted by Gasteiger charge is -2.36. The predicted molar refractivity (Wildman–Crippen MR) is 158 cm³/mol. The number of aliphatic hydroxyl groups is 1. The van der Waals surface area contributed by atoms with Gasteiger partial charge < -0.3 is 44.2 Å². The summed E-state index contributed by atoms with van der Waals surface area (Å²) in [5, 5.41) is 15.6. The zero-order valence-corrected chi connectivity index (χ0v) is 25.4. The van der Waals surface area contributed by atoms with Gasteiger partial charge in [0.05, 0.1) is 11.2 Å². The van der Waals surface area contributed by atoms with Gasteiger partial charge in [-0.3, -0.25) is 18.7 Å².